The van der Waals surface area contributed by atoms with Crippen molar-refractivity contribution >= 4 is 15.7 Å². The van der Waals surface area contributed by atoms with Gasteiger partial charge in [-0.25, -0.2) is 18.1 Å². The molecule has 9 heteroatoms. The zero-order valence-electron chi connectivity index (χ0n) is 13.4. The third-order valence-electron chi connectivity index (χ3n) is 4.09. The van der Waals surface area contributed by atoms with Crippen LogP contribution in [0.2, 0.25) is 0 Å². The number of nitro groups is 1. The van der Waals surface area contributed by atoms with Gasteiger partial charge >= 0.3 is 0 Å². The van der Waals surface area contributed by atoms with Gasteiger partial charge in [0.15, 0.2) is 4.90 Å². The summed E-state index contributed by atoms with van der Waals surface area (Å²) in [4.78, 5) is 14.6. The van der Waals surface area contributed by atoms with E-state index in [1.807, 2.05) is 17.7 Å². The lowest BCUT2D eigenvalue weighted by Gasteiger charge is -2.24. The average Bonchev–Trinajstić information content (AvgIpc) is 2.85. The second-order valence-electron chi connectivity index (χ2n) is 5.99. The van der Waals surface area contributed by atoms with E-state index in [0.717, 1.165) is 11.5 Å². The van der Waals surface area contributed by atoms with Crippen molar-refractivity contribution in [3.05, 3.63) is 51.6 Å². The first-order chi connectivity index (χ1) is 11.3. The van der Waals surface area contributed by atoms with Gasteiger partial charge in [0, 0.05) is 31.3 Å². The number of imidazole rings is 1. The van der Waals surface area contributed by atoms with Gasteiger partial charge in [0.05, 0.1) is 10.6 Å². The van der Waals surface area contributed by atoms with Crippen molar-refractivity contribution in [3.8, 4) is 0 Å². The molecule has 0 bridgehead atoms. The van der Waals surface area contributed by atoms with Crippen molar-refractivity contribution < 1.29 is 13.3 Å². The number of nitrogens with one attached hydrogen (secondary N) is 1. The highest BCUT2D eigenvalue weighted by Gasteiger charge is 2.31. The van der Waals surface area contributed by atoms with Gasteiger partial charge in [-0.2, -0.15) is 0 Å². The van der Waals surface area contributed by atoms with Gasteiger partial charge in [-0.15, -0.1) is 0 Å². The van der Waals surface area contributed by atoms with E-state index in [9.17, 15) is 18.5 Å². The molecule has 0 amide bonds. The van der Waals surface area contributed by atoms with E-state index in [2.05, 4.69) is 9.71 Å². The predicted octanol–water partition coefficient (Wildman–Crippen LogP) is 1.70. The Morgan fingerprint density at radius 3 is 2.83 bits per heavy atom. The van der Waals surface area contributed by atoms with E-state index in [1.54, 1.807) is 13.0 Å². The molecular weight excluding hydrogens is 332 g/mol. The Morgan fingerprint density at radius 1 is 1.38 bits per heavy atom. The number of hydrogen-bond donors (Lipinski definition) is 1. The third-order valence-corrected chi connectivity index (χ3v) is 5.80. The second-order valence-corrected chi connectivity index (χ2v) is 7.64. The van der Waals surface area contributed by atoms with Crippen LogP contribution in [-0.2, 0) is 23.0 Å². The molecule has 2 heterocycles. The number of nitrogens with zero attached hydrogens (tertiary/aromatic N) is 3. The number of aromatic nitrogens is 2. The minimum atomic E-state index is -3.99. The van der Waals surface area contributed by atoms with Crippen molar-refractivity contribution in [1.29, 1.82) is 0 Å². The molecule has 24 heavy (non-hydrogen) atoms. The number of sulfonamides is 1. The number of benzene rings is 1. The molecule has 1 N–H and O–H groups in total. The summed E-state index contributed by atoms with van der Waals surface area (Å²) in [6, 6.07) is 3.92. The molecule has 1 atom stereocenters. The first kappa shape index (κ1) is 16.6. The molecule has 0 saturated carbocycles. The van der Waals surface area contributed by atoms with Crippen LogP contribution >= 0.6 is 0 Å². The Balaban J connectivity index is 1.89. The standard InChI is InChI=1S/C15H18N4O4S/c1-10-4-3-5-13(19(20)21)15(10)24(22,23)17-12-6-7-14-16-11(2)8-18(14)9-12/h3-5,8,12,17H,6-7,9H2,1-2H3/t12-/m1/s1. The SMILES string of the molecule is Cc1cn2c(n1)CC[C@@H](NS(=O)(=O)c1c(C)cccc1[N+](=O)[O-])C2. The van der Waals surface area contributed by atoms with E-state index in [1.165, 1.54) is 12.1 Å². The first-order valence-corrected chi connectivity index (χ1v) is 9.05. The summed E-state index contributed by atoms with van der Waals surface area (Å²) >= 11 is 0. The summed E-state index contributed by atoms with van der Waals surface area (Å²) in [6.45, 7) is 3.91. The van der Waals surface area contributed by atoms with Crippen LogP contribution in [0.3, 0.4) is 0 Å². The molecule has 2 aromatic rings. The molecule has 0 saturated heterocycles. The van der Waals surface area contributed by atoms with Crippen LogP contribution < -0.4 is 4.72 Å². The second kappa shape index (κ2) is 5.99. The molecular formula is C15H18N4O4S. The Labute approximate surface area is 139 Å². The van der Waals surface area contributed by atoms with Crippen LogP contribution in [0.4, 0.5) is 5.69 Å². The van der Waals surface area contributed by atoms with E-state index < -0.39 is 20.6 Å². The van der Waals surface area contributed by atoms with Crippen LogP contribution in [0.1, 0.15) is 23.5 Å². The topological polar surface area (TPSA) is 107 Å². The zero-order valence-corrected chi connectivity index (χ0v) is 14.2. The van der Waals surface area contributed by atoms with E-state index >= 15 is 0 Å². The number of hydrogen-bond acceptors (Lipinski definition) is 5. The molecule has 0 fully saturated rings. The van der Waals surface area contributed by atoms with Crippen LogP contribution in [0.25, 0.3) is 0 Å². The molecule has 128 valence electrons. The Hall–Kier alpha value is -2.26. The molecule has 0 spiro atoms. The van der Waals surface area contributed by atoms with Crippen LogP contribution in [-0.4, -0.2) is 28.9 Å². The summed E-state index contributed by atoms with van der Waals surface area (Å²) in [6.07, 6.45) is 3.15. The highest BCUT2D eigenvalue weighted by molar-refractivity contribution is 7.89. The van der Waals surface area contributed by atoms with Crippen LogP contribution in [0.5, 0.6) is 0 Å². The maximum absolute atomic E-state index is 12.7. The Kier molecular flexibility index (Phi) is 4.14. The molecule has 1 aliphatic rings. The number of fused-ring (bicyclic) bond motifs is 1. The fourth-order valence-electron chi connectivity index (χ4n) is 3.09. The summed E-state index contributed by atoms with van der Waals surface area (Å²) < 4.78 is 30.0. The molecule has 1 aromatic carbocycles. The van der Waals surface area contributed by atoms with Gasteiger partial charge in [-0.3, -0.25) is 10.1 Å². The maximum Gasteiger partial charge on any atom is 0.289 e. The number of nitro benzene ring substituents is 1. The monoisotopic (exact) mass is 350 g/mol. The van der Waals surface area contributed by atoms with Crippen molar-refractivity contribution in [2.75, 3.05) is 0 Å². The lowest BCUT2D eigenvalue weighted by atomic mass is 10.1. The van der Waals surface area contributed by atoms with Crippen LogP contribution in [0, 0.1) is 24.0 Å². The van der Waals surface area contributed by atoms with Gasteiger partial charge < -0.3 is 4.57 Å². The maximum atomic E-state index is 12.7. The van der Waals surface area contributed by atoms with Gasteiger partial charge in [0.2, 0.25) is 10.0 Å². The molecule has 0 unspecified atom stereocenters. The Morgan fingerprint density at radius 2 is 2.12 bits per heavy atom. The van der Waals surface area contributed by atoms with E-state index in [4.69, 9.17) is 0 Å². The normalized spacial score (nSPS) is 17.5. The van der Waals surface area contributed by atoms with Gasteiger partial charge in [-0.1, -0.05) is 12.1 Å². The molecule has 3 rings (SSSR count). The molecule has 1 aromatic heterocycles. The lowest BCUT2D eigenvalue weighted by Crippen LogP contribution is -2.41. The largest absolute Gasteiger partial charge is 0.333 e. The first-order valence-electron chi connectivity index (χ1n) is 7.57. The molecule has 8 nitrogen and oxygen atoms in total. The summed E-state index contributed by atoms with van der Waals surface area (Å²) in [7, 11) is -3.99. The predicted molar refractivity (Wildman–Crippen MR) is 87.2 cm³/mol. The third kappa shape index (κ3) is 3.04. The quantitative estimate of drug-likeness (QED) is 0.667. The van der Waals surface area contributed by atoms with Gasteiger partial charge in [0.1, 0.15) is 5.82 Å². The van der Waals surface area contributed by atoms with Crippen molar-refractivity contribution in [1.82, 2.24) is 14.3 Å². The highest BCUT2D eigenvalue weighted by Crippen LogP contribution is 2.27. The highest BCUT2D eigenvalue weighted by atomic mass is 32.2. The fraction of sp³-hybridized carbons (Fsp3) is 0.400. The van der Waals surface area contributed by atoms with Crippen LogP contribution in [0.15, 0.2) is 29.3 Å². The van der Waals surface area contributed by atoms with Crippen molar-refractivity contribution in [3.63, 3.8) is 0 Å². The van der Waals surface area contributed by atoms with Crippen molar-refractivity contribution in [2.45, 2.75) is 44.2 Å². The minimum absolute atomic E-state index is 0.261. The van der Waals surface area contributed by atoms with E-state index in [-0.39, 0.29) is 10.9 Å². The van der Waals surface area contributed by atoms with Gasteiger partial charge in [-0.05, 0) is 25.8 Å². The van der Waals surface area contributed by atoms with Gasteiger partial charge in [0.25, 0.3) is 5.69 Å². The number of aryl methyl sites for hydroxylation is 3. The summed E-state index contributed by atoms with van der Waals surface area (Å²) in [5, 5.41) is 11.2. The summed E-state index contributed by atoms with van der Waals surface area (Å²) in [5.74, 6) is 0.935. The smallest absolute Gasteiger partial charge is 0.289 e. The summed E-state index contributed by atoms with van der Waals surface area (Å²) in [5.41, 5.74) is 0.840. The zero-order chi connectivity index (χ0) is 17.5. The minimum Gasteiger partial charge on any atom is -0.333 e. The van der Waals surface area contributed by atoms with Crippen molar-refractivity contribution in [2.24, 2.45) is 0 Å². The lowest BCUT2D eigenvalue weighted by molar-refractivity contribution is -0.387. The number of rotatable bonds is 4. The molecule has 0 radical (unpaired) electrons. The Bertz CT molecular complexity index is 904. The molecule has 0 aliphatic carbocycles. The van der Waals surface area contributed by atoms with E-state index in [0.29, 0.717) is 24.9 Å². The fourth-order valence-corrected chi connectivity index (χ4v) is 4.75. The molecule has 1 aliphatic heterocycles. The average molecular weight is 350 g/mol.